The van der Waals surface area contributed by atoms with Crippen molar-refractivity contribution in [2.24, 2.45) is 0 Å². The van der Waals surface area contributed by atoms with Gasteiger partial charge in [0.25, 0.3) is 21.6 Å². The number of nitro groups is 1. The smallest absolute Gasteiger partial charge is 0.274 e. The van der Waals surface area contributed by atoms with Crippen LogP contribution < -0.4 is 10.0 Å². The van der Waals surface area contributed by atoms with Gasteiger partial charge in [-0.3, -0.25) is 19.6 Å². The second-order valence-electron chi connectivity index (χ2n) is 7.57. The van der Waals surface area contributed by atoms with E-state index in [9.17, 15) is 23.3 Å². The minimum Gasteiger partial charge on any atom is -0.321 e. The van der Waals surface area contributed by atoms with E-state index in [0.29, 0.717) is 16.8 Å². The van der Waals surface area contributed by atoms with Crippen molar-refractivity contribution in [1.29, 1.82) is 0 Å². The first-order valence-corrected chi connectivity index (χ1v) is 11.2. The maximum atomic E-state index is 13.0. The molecule has 166 valence electrons. The highest BCUT2D eigenvalue weighted by molar-refractivity contribution is 7.92. The van der Waals surface area contributed by atoms with Crippen LogP contribution in [0.5, 0.6) is 0 Å². The number of sulfonamides is 1. The lowest BCUT2D eigenvalue weighted by atomic mass is 10.1. The number of anilines is 2. The van der Waals surface area contributed by atoms with E-state index in [-0.39, 0.29) is 21.8 Å². The number of nitrogens with one attached hydrogen (secondary N) is 2. The SMILES string of the molecule is Cc1ccc(NS(=O)(=O)c2cc(C(=O)Nc3cccc([N+](=O)[O-])c3C)ccc2C)c(C)c1. The summed E-state index contributed by atoms with van der Waals surface area (Å²) in [6.07, 6.45) is 0. The van der Waals surface area contributed by atoms with Crippen molar-refractivity contribution < 1.29 is 18.1 Å². The topological polar surface area (TPSA) is 118 Å². The predicted octanol–water partition coefficient (Wildman–Crippen LogP) is 4.88. The fraction of sp³-hybridized carbons (Fsp3) is 0.174. The molecular weight excluding hydrogens is 430 g/mol. The Morgan fingerprint density at radius 1 is 0.906 bits per heavy atom. The van der Waals surface area contributed by atoms with E-state index in [1.807, 2.05) is 26.0 Å². The molecule has 0 aliphatic carbocycles. The van der Waals surface area contributed by atoms with Crippen LogP contribution in [0.4, 0.5) is 17.1 Å². The number of nitrogens with zero attached hydrogens (tertiary/aromatic N) is 1. The first-order valence-electron chi connectivity index (χ1n) is 9.75. The van der Waals surface area contributed by atoms with E-state index < -0.39 is 20.9 Å². The summed E-state index contributed by atoms with van der Waals surface area (Å²) in [5.41, 5.74) is 3.31. The molecule has 0 aliphatic rings. The van der Waals surface area contributed by atoms with Gasteiger partial charge < -0.3 is 5.32 Å². The van der Waals surface area contributed by atoms with Crippen LogP contribution in [0, 0.1) is 37.8 Å². The Hall–Kier alpha value is -3.72. The zero-order chi connectivity index (χ0) is 23.6. The number of hydrogen-bond donors (Lipinski definition) is 2. The molecule has 0 heterocycles. The van der Waals surface area contributed by atoms with Crippen LogP contribution in [0.25, 0.3) is 0 Å². The number of nitro benzene ring substituents is 1. The molecule has 0 unspecified atom stereocenters. The minimum absolute atomic E-state index is 0.0270. The van der Waals surface area contributed by atoms with E-state index >= 15 is 0 Å². The summed E-state index contributed by atoms with van der Waals surface area (Å²) in [4.78, 5) is 23.4. The Labute approximate surface area is 186 Å². The first kappa shape index (κ1) is 23.0. The molecule has 0 aromatic heterocycles. The van der Waals surface area contributed by atoms with Gasteiger partial charge in [0.05, 0.1) is 26.8 Å². The number of carbonyl (C=O) groups is 1. The molecule has 2 N–H and O–H groups in total. The van der Waals surface area contributed by atoms with Crippen molar-refractivity contribution in [2.75, 3.05) is 10.0 Å². The summed E-state index contributed by atoms with van der Waals surface area (Å²) in [6, 6.07) is 14.1. The number of aryl methyl sites for hydroxylation is 3. The van der Waals surface area contributed by atoms with Crippen LogP contribution in [-0.2, 0) is 10.0 Å². The predicted molar refractivity (Wildman–Crippen MR) is 124 cm³/mol. The normalized spacial score (nSPS) is 11.1. The highest BCUT2D eigenvalue weighted by Crippen LogP contribution is 2.27. The maximum Gasteiger partial charge on any atom is 0.274 e. The molecule has 0 radical (unpaired) electrons. The van der Waals surface area contributed by atoms with Gasteiger partial charge >= 0.3 is 0 Å². The Kier molecular flexibility index (Phi) is 6.31. The average Bonchev–Trinajstić information content (AvgIpc) is 2.71. The summed E-state index contributed by atoms with van der Waals surface area (Å²) in [7, 11) is -3.95. The van der Waals surface area contributed by atoms with Crippen molar-refractivity contribution in [3.05, 3.63) is 92.5 Å². The second kappa shape index (κ2) is 8.80. The molecule has 0 fully saturated rings. The molecular formula is C23H23N3O5S. The third-order valence-electron chi connectivity index (χ3n) is 5.12. The van der Waals surface area contributed by atoms with Crippen molar-refractivity contribution in [3.63, 3.8) is 0 Å². The van der Waals surface area contributed by atoms with Gasteiger partial charge in [0.2, 0.25) is 0 Å². The van der Waals surface area contributed by atoms with Crippen LogP contribution in [0.2, 0.25) is 0 Å². The van der Waals surface area contributed by atoms with E-state index in [1.165, 1.54) is 31.2 Å². The van der Waals surface area contributed by atoms with E-state index in [4.69, 9.17) is 0 Å². The van der Waals surface area contributed by atoms with Crippen molar-refractivity contribution >= 4 is 33.0 Å². The molecule has 0 saturated carbocycles. The lowest BCUT2D eigenvalue weighted by Gasteiger charge is -2.14. The summed E-state index contributed by atoms with van der Waals surface area (Å²) in [6.45, 7) is 6.90. The highest BCUT2D eigenvalue weighted by Gasteiger charge is 2.21. The number of carbonyl (C=O) groups excluding carboxylic acids is 1. The maximum absolute atomic E-state index is 13.0. The van der Waals surface area contributed by atoms with Gasteiger partial charge in [0.1, 0.15) is 0 Å². The largest absolute Gasteiger partial charge is 0.321 e. The molecule has 0 saturated heterocycles. The summed E-state index contributed by atoms with van der Waals surface area (Å²) < 4.78 is 28.7. The van der Waals surface area contributed by atoms with Gasteiger partial charge in [0.15, 0.2) is 0 Å². The molecule has 3 rings (SSSR count). The van der Waals surface area contributed by atoms with E-state index in [1.54, 1.807) is 25.1 Å². The lowest BCUT2D eigenvalue weighted by molar-refractivity contribution is -0.385. The molecule has 8 nitrogen and oxygen atoms in total. The number of benzene rings is 3. The number of hydrogen-bond acceptors (Lipinski definition) is 5. The third-order valence-corrected chi connectivity index (χ3v) is 6.62. The van der Waals surface area contributed by atoms with E-state index in [2.05, 4.69) is 10.0 Å². The Balaban J connectivity index is 1.92. The molecule has 9 heteroatoms. The van der Waals surface area contributed by atoms with Gasteiger partial charge in [0, 0.05) is 11.6 Å². The molecule has 1 amide bonds. The van der Waals surface area contributed by atoms with Gasteiger partial charge in [-0.15, -0.1) is 0 Å². The average molecular weight is 454 g/mol. The quantitative estimate of drug-likeness (QED) is 0.407. The van der Waals surface area contributed by atoms with Crippen molar-refractivity contribution in [1.82, 2.24) is 0 Å². The lowest BCUT2D eigenvalue weighted by Crippen LogP contribution is -2.18. The Morgan fingerprint density at radius 2 is 1.62 bits per heavy atom. The fourth-order valence-corrected chi connectivity index (χ4v) is 4.71. The van der Waals surface area contributed by atoms with Gasteiger partial charge in [-0.2, -0.15) is 0 Å². The van der Waals surface area contributed by atoms with Crippen molar-refractivity contribution in [2.45, 2.75) is 32.6 Å². The highest BCUT2D eigenvalue weighted by atomic mass is 32.2. The van der Waals surface area contributed by atoms with Crippen LogP contribution in [0.1, 0.15) is 32.6 Å². The molecule has 0 bridgehead atoms. The van der Waals surface area contributed by atoms with Gasteiger partial charge in [-0.1, -0.05) is 29.8 Å². The van der Waals surface area contributed by atoms with Crippen LogP contribution >= 0.6 is 0 Å². The zero-order valence-electron chi connectivity index (χ0n) is 18.1. The summed E-state index contributed by atoms with van der Waals surface area (Å²) in [5.74, 6) is -0.573. The summed E-state index contributed by atoms with van der Waals surface area (Å²) >= 11 is 0. The molecule has 32 heavy (non-hydrogen) atoms. The summed E-state index contributed by atoms with van der Waals surface area (Å²) in [5, 5.41) is 13.8. The third kappa shape index (κ3) is 4.78. The van der Waals surface area contributed by atoms with Gasteiger partial charge in [-0.25, -0.2) is 8.42 Å². The fourth-order valence-electron chi connectivity index (χ4n) is 3.31. The molecule has 0 spiro atoms. The Bertz CT molecular complexity index is 1330. The molecule has 3 aromatic carbocycles. The Morgan fingerprint density at radius 3 is 2.28 bits per heavy atom. The monoisotopic (exact) mass is 453 g/mol. The first-order chi connectivity index (χ1) is 15.0. The molecule has 0 atom stereocenters. The van der Waals surface area contributed by atoms with Gasteiger partial charge in [-0.05, 0) is 63.1 Å². The second-order valence-corrected chi connectivity index (χ2v) is 9.22. The van der Waals surface area contributed by atoms with Crippen LogP contribution in [-0.4, -0.2) is 19.2 Å². The minimum atomic E-state index is -3.95. The van der Waals surface area contributed by atoms with Crippen LogP contribution in [0.3, 0.4) is 0 Å². The number of amides is 1. The molecule has 0 aliphatic heterocycles. The molecule has 3 aromatic rings. The van der Waals surface area contributed by atoms with E-state index in [0.717, 1.165) is 11.1 Å². The standard InChI is InChI=1S/C23H23N3O5S/c1-14-8-11-19(16(3)12-14)25-32(30,31)22-13-18(10-9-15(22)2)23(27)24-20-6-5-7-21(17(20)4)26(28)29/h5-13,25H,1-4H3,(H,24,27). The zero-order valence-corrected chi connectivity index (χ0v) is 18.9. The number of rotatable bonds is 6. The van der Waals surface area contributed by atoms with Crippen molar-refractivity contribution in [3.8, 4) is 0 Å². The van der Waals surface area contributed by atoms with Crippen LogP contribution in [0.15, 0.2) is 59.5 Å².